The topological polar surface area (TPSA) is 73.9 Å². The van der Waals surface area contributed by atoms with Crippen molar-refractivity contribution in [3.8, 4) is 11.5 Å². The molecule has 0 saturated carbocycles. The Morgan fingerprint density at radius 3 is 2.38 bits per heavy atom. The van der Waals surface area contributed by atoms with E-state index >= 15 is 0 Å². The average Bonchev–Trinajstić information content (AvgIpc) is 2.63. The van der Waals surface area contributed by atoms with Gasteiger partial charge in [0.2, 0.25) is 0 Å². The number of hydrogen-bond donors (Lipinski definition) is 1. The number of ether oxygens (including phenoxy) is 3. The molecule has 0 aliphatic rings. The van der Waals surface area contributed by atoms with Gasteiger partial charge < -0.3 is 19.5 Å². The van der Waals surface area contributed by atoms with E-state index in [4.69, 9.17) is 44.3 Å². The number of nitrogens with one attached hydrogen (secondary N) is 1. The normalized spacial score (nSPS) is 10.2. The van der Waals surface area contributed by atoms with Crippen molar-refractivity contribution < 1.29 is 23.8 Å². The van der Waals surface area contributed by atoms with Crippen LogP contribution in [0.2, 0.25) is 15.1 Å². The number of rotatable bonds is 6. The molecule has 2 aromatic rings. The van der Waals surface area contributed by atoms with Crippen LogP contribution < -0.4 is 14.8 Å². The zero-order valence-corrected chi connectivity index (χ0v) is 16.0. The van der Waals surface area contributed by atoms with E-state index in [0.29, 0.717) is 10.0 Å². The molecule has 0 radical (unpaired) electrons. The first kappa shape index (κ1) is 20.2. The van der Waals surface area contributed by atoms with E-state index in [1.165, 1.54) is 32.4 Å². The van der Waals surface area contributed by atoms with Gasteiger partial charge in [0.15, 0.2) is 6.61 Å². The molecule has 2 aromatic carbocycles. The summed E-state index contributed by atoms with van der Waals surface area (Å²) in [5.74, 6) is -0.620. The zero-order valence-electron chi connectivity index (χ0n) is 13.8. The Morgan fingerprint density at radius 1 is 1.00 bits per heavy atom. The molecule has 0 bridgehead atoms. The van der Waals surface area contributed by atoms with Crippen molar-refractivity contribution >= 4 is 52.4 Å². The minimum Gasteiger partial charge on any atom is -0.496 e. The Morgan fingerprint density at radius 2 is 1.73 bits per heavy atom. The predicted molar refractivity (Wildman–Crippen MR) is 99.9 cm³/mol. The summed E-state index contributed by atoms with van der Waals surface area (Å²) in [5.41, 5.74) is 0.391. The molecule has 138 valence electrons. The molecule has 0 saturated heterocycles. The molecule has 26 heavy (non-hydrogen) atoms. The van der Waals surface area contributed by atoms with Gasteiger partial charge in [0.25, 0.3) is 5.91 Å². The Balaban J connectivity index is 2.11. The third-order valence-electron chi connectivity index (χ3n) is 3.22. The van der Waals surface area contributed by atoms with Crippen LogP contribution in [0.5, 0.6) is 11.5 Å². The second-order valence-corrected chi connectivity index (χ2v) is 6.19. The van der Waals surface area contributed by atoms with Crippen molar-refractivity contribution in [3.05, 3.63) is 51.0 Å². The highest BCUT2D eigenvalue weighted by Gasteiger charge is 2.17. The fourth-order valence-electron chi connectivity index (χ4n) is 2.00. The summed E-state index contributed by atoms with van der Waals surface area (Å²) in [6.07, 6.45) is 0. The maximum absolute atomic E-state index is 12.1. The second kappa shape index (κ2) is 8.98. The van der Waals surface area contributed by atoms with Gasteiger partial charge in [0.05, 0.1) is 30.0 Å². The lowest BCUT2D eigenvalue weighted by Crippen LogP contribution is -2.20. The summed E-state index contributed by atoms with van der Waals surface area (Å²) in [6, 6.07) is 7.42. The summed E-state index contributed by atoms with van der Waals surface area (Å²) in [7, 11) is 2.62. The first-order valence-electron chi connectivity index (χ1n) is 7.19. The lowest BCUT2D eigenvalue weighted by atomic mass is 10.1. The Hall–Kier alpha value is -2.15. The van der Waals surface area contributed by atoms with Crippen LogP contribution in [0.15, 0.2) is 30.3 Å². The van der Waals surface area contributed by atoms with E-state index < -0.39 is 11.9 Å². The smallest absolute Gasteiger partial charge is 0.341 e. The SMILES string of the molecule is COC(=O)c1cc(Cl)c(NC(=O)COc2cc(Cl)ccc2Cl)cc1OC. The Kier molecular flexibility index (Phi) is 6.97. The molecule has 0 fully saturated rings. The molecule has 0 aromatic heterocycles. The van der Waals surface area contributed by atoms with Gasteiger partial charge in [-0.3, -0.25) is 4.79 Å². The van der Waals surface area contributed by atoms with Gasteiger partial charge in [-0.2, -0.15) is 0 Å². The number of anilines is 1. The number of benzene rings is 2. The average molecular weight is 419 g/mol. The van der Waals surface area contributed by atoms with Crippen molar-refractivity contribution in [1.29, 1.82) is 0 Å². The lowest BCUT2D eigenvalue weighted by Gasteiger charge is -2.13. The molecule has 0 spiro atoms. The van der Waals surface area contributed by atoms with Crippen LogP contribution in [0.1, 0.15) is 10.4 Å². The van der Waals surface area contributed by atoms with Crippen LogP contribution >= 0.6 is 34.8 Å². The molecule has 9 heteroatoms. The molecule has 0 aliphatic heterocycles. The summed E-state index contributed by atoms with van der Waals surface area (Å²) in [5, 5.41) is 3.46. The van der Waals surface area contributed by atoms with Gasteiger partial charge in [0, 0.05) is 17.2 Å². The molecule has 0 aliphatic carbocycles. The third kappa shape index (κ3) is 4.94. The third-order valence-corrected chi connectivity index (χ3v) is 4.08. The van der Waals surface area contributed by atoms with Crippen molar-refractivity contribution in [1.82, 2.24) is 0 Å². The largest absolute Gasteiger partial charge is 0.496 e. The number of esters is 1. The van der Waals surface area contributed by atoms with E-state index in [0.717, 1.165) is 0 Å². The highest BCUT2D eigenvalue weighted by Crippen LogP contribution is 2.32. The number of halogens is 3. The second-order valence-electron chi connectivity index (χ2n) is 4.94. The van der Waals surface area contributed by atoms with Gasteiger partial charge >= 0.3 is 5.97 Å². The van der Waals surface area contributed by atoms with Crippen molar-refractivity contribution in [2.45, 2.75) is 0 Å². The molecular formula is C17H14Cl3NO5. The van der Waals surface area contributed by atoms with Crippen molar-refractivity contribution in [2.24, 2.45) is 0 Å². The number of methoxy groups -OCH3 is 2. The highest BCUT2D eigenvalue weighted by atomic mass is 35.5. The van der Waals surface area contributed by atoms with Crippen LogP contribution in [-0.2, 0) is 9.53 Å². The Labute approximate surface area is 164 Å². The number of carbonyl (C=O) groups is 2. The first-order valence-corrected chi connectivity index (χ1v) is 8.32. The summed E-state index contributed by atoms with van der Waals surface area (Å²) < 4.78 is 15.1. The van der Waals surface area contributed by atoms with Crippen molar-refractivity contribution in [3.63, 3.8) is 0 Å². The van der Waals surface area contributed by atoms with E-state index in [2.05, 4.69) is 10.1 Å². The summed E-state index contributed by atoms with van der Waals surface area (Å²) in [6.45, 7) is -0.322. The van der Waals surface area contributed by atoms with Gasteiger partial charge in [-0.25, -0.2) is 4.79 Å². The van der Waals surface area contributed by atoms with Crippen molar-refractivity contribution in [2.75, 3.05) is 26.1 Å². The molecular weight excluding hydrogens is 405 g/mol. The monoisotopic (exact) mass is 417 g/mol. The summed E-state index contributed by atoms with van der Waals surface area (Å²) in [4.78, 5) is 23.8. The minimum absolute atomic E-state index is 0.139. The number of carbonyl (C=O) groups excluding carboxylic acids is 2. The van der Waals surface area contributed by atoms with Crippen LogP contribution in [0.25, 0.3) is 0 Å². The van der Waals surface area contributed by atoms with Crippen LogP contribution in [0, 0.1) is 0 Å². The zero-order chi connectivity index (χ0) is 19.3. The van der Waals surface area contributed by atoms with E-state index in [1.807, 2.05) is 0 Å². The van der Waals surface area contributed by atoms with Crippen LogP contribution in [0.3, 0.4) is 0 Å². The number of hydrogen-bond acceptors (Lipinski definition) is 5. The molecule has 0 heterocycles. The van der Waals surface area contributed by atoms with Gasteiger partial charge in [-0.15, -0.1) is 0 Å². The molecule has 1 amide bonds. The van der Waals surface area contributed by atoms with Crippen LogP contribution in [0.4, 0.5) is 5.69 Å². The van der Waals surface area contributed by atoms with Gasteiger partial charge in [0.1, 0.15) is 17.1 Å². The highest BCUT2D eigenvalue weighted by molar-refractivity contribution is 6.34. The molecule has 0 unspecified atom stereocenters. The molecule has 6 nitrogen and oxygen atoms in total. The maximum atomic E-state index is 12.1. The Bertz CT molecular complexity index is 841. The van der Waals surface area contributed by atoms with Gasteiger partial charge in [-0.05, 0) is 18.2 Å². The predicted octanol–water partition coefficient (Wildman–Crippen LogP) is 4.46. The van der Waals surface area contributed by atoms with E-state index in [1.54, 1.807) is 12.1 Å². The molecule has 1 N–H and O–H groups in total. The van der Waals surface area contributed by atoms with Gasteiger partial charge in [-0.1, -0.05) is 34.8 Å². The standard InChI is InChI=1S/C17H14Cl3NO5/c1-24-14-7-13(12(20)6-10(14)17(23)25-2)21-16(22)8-26-15-5-9(18)3-4-11(15)19/h3-7H,8H2,1-2H3,(H,21,22). The fourth-order valence-corrected chi connectivity index (χ4v) is 2.55. The summed E-state index contributed by atoms with van der Waals surface area (Å²) >= 11 is 17.9. The number of amides is 1. The lowest BCUT2D eigenvalue weighted by molar-refractivity contribution is -0.118. The maximum Gasteiger partial charge on any atom is 0.341 e. The van der Waals surface area contributed by atoms with Crippen LogP contribution in [-0.4, -0.2) is 32.7 Å². The van der Waals surface area contributed by atoms with E-state index in [9.17, 15) is 9.59 Å². The molecule has 0 atom stereocenters. The first-order chi connectivity index (χ1) is 12.3. The fraction of sp³-hybridized carbons (Fsp3) is 0.176. The minimum atomic E-state index is -0.611. The van der Waals surface area contributed by atoms with E-state index in [-0.39, 0.29) is 34.4 Å². The molecule has 2 rings (SSSR count). The quantitative estimate of drug-likeness (QED) is 0.701.